The number of amides is 2. The maximum Gasteiger partial charge on any atom is 0.244 e. The first kappa shape index (κ1) is 26.2. The highest BCUT2D eigenvalue weighted by molar-refractivity contribution is 7.92. The first-order chi connectivity index (χ1) is 16.6. The number of benzene rings is 3. The molecule has 0 unspecified atom stereocenters. The Morgan fingerprint density at radius 2 is 1.54 bits per heavy atom. The largest absolute Gasteiger partial charge is 0.352 e. The molecule has 1 N–H and O–H groups in total. The van der Waals surface area contributed by atoms with Gasteiger partial charge in [0.15, 0.2) is 0 Å². The quantitative estimate of drug-likeness (QED) is 0.462. The van der Waals surface area contributed by atoms with Gasteiger partial charge in [-0.2, -0.15) is 0 Å². The van der Waals surface area contributed by atoms with Crippen molar-refractivity contribution in [3.8, 4) is 0 Å². The van der Waals surface area contributed by atoms with Crippen LogP contribution in [-0.2, 0) is 26.2 Å². The van der Waals surface area contributed by atoms with Crippen LogP contribution in [0.2, 0.25) is 0 Å². The van der Waals surface area contributed by atoms with Crippen molar-refractivity contribution in [2.45, 2.75) is 45.8 Å². The molecule has 0 bridgehead atoms. The lowest BCUT2D eigenvalue weighted by Crippen LogP contribution is -2.53. The zero-order valence-corrected chi connectivity index (χ0v) is 21.5. The van der Waals surface area contributed by atoms with E-state index in [4.69, 9.17) is 0 Å². The number of anilines is 1. The number of carbonyl (C=O) groups is 2. The van der Waals surface area contributed by atoms with E-state index in [0.29, 0.717) is 12.1 Å². The molecule has 0 aromatic heterocycles. The third-order valence-corrected chi connectivity index (χ3v) is 6.85. The monoisotopic (exact) mass is 495 g/mol. The van der Waals surface area contributed by atoms with E-state index in [1.165, 1.54) is 4.90 Å². The molecule has 3 aromatic rings. The van der Waals surface area contributed by atoms with Gasteiger partial charge in [-0.3, -0.25) is 13.9 Å². The first-order valence-electron chi connectivity index (χ1n) is 11.7. The highest BCUT2D eigenvalue weighted by Gasteiger charge is 2.32. The molecular weight excluding hydrogens is 462 g/mol. The van der Waals surface area contributed by atoms with Crippen molar-refractivity contribution in [1.29, 1.82) is 0 Å². The molecule has 0 aliphatic rings. The molecule has 186 valence electrons. The molecule has 0 saturated carbocycles. The summed E-state index contributed by atoms with van der Waals surface area (Å²) in [6, 6.07) is 21.3. The molecule has 3 aromatic carbocycles. The van der Waals surface area contributed by atoms with Gasteiger partial charge in [0.25, 0.3) is 0 Å². The lowest BCUT2D eigenvalue weighted by Gasteiger charge is -2.33. The highest BCUT2D eigenvalue weighted by atomic mass is 32.2. The van der Waals surface area contributed by atoms with E-state index < -0.39 is 28.5 Å². The lowest BCUT2D eigenvalue weighted by atomic mass is 10.1. The smallest absolute Gasteiger partial charge is 0.244 e. The molecule has 0 aliphatic heterocycles. The predicted molar refractivity (Wildman–Crippen MR) is 140 cm³/mol. The molecule has 0 radical (unpaired) electrons. The molecule has 0 fully saturated rings. The van der Waals surface area contributed by atoms with E-state index in [-0.39, 0.29) is 18.5 Å². The Labute approximate surface area is 207 Å². The van der Waals surface area contributed by atoms with Crippen molar-refractivity contribution in [3.63, 3.8) is 0 Å². The number of carbonyl (C=O) groups excluding carboxylic acids is 2. The van der Waals surface area contributed by atoms with Gasteiger partial charge in [0, 0.05) is 18.0 Å². The van der Waals surface area contributed by atoms with Crippen molar-refractivity contribution in [2.75, 3.05) is 17.1 Å². The average Bonchev–Trinajstić information content (AvgIpc) is 2.81. The maximum atomic E-state index is 13.7. The highest BCUT2D eigenvalue weighted by Crippen LogP contribution is 2.28. The minimum absolute atomic E-state index is 0.0894. The Bertz CT molecular complexity index is 1270. The second kappa shape index (κ2) is 11.4. The molecule has 0 spiro atoms. The van der Waals surface area contributed by atoms with Crippen LogP contribution in [0, 0.1) is 0 Å². The molecular formula is C27H33N3O4S. The molecule has 0 heterocycles. The Balaban J connectivity index is 2.01. The third-order valence-electron chi connectivity index (χ3n) is 5.73. The van der Waals surface area contributed by atoms with Gasteiger partial charge in [0.1, 0.15) is 12.6 Å². The summed E-state index contributed by atoms with van der Waals surface area (Å²) in [5, 5.41) is 4.49. The van der Waals surface area contributed by atoms with Crippen LogP contribution >= 0.6 is 0 Å². The van der Waals surface area contributed by atoms with Crippen molar-refractivity contribution >= 4 is 38.3 Å². The topological polar surface area (TPSA) is 86.8 Å². The summed E-state index contributed by atoms with van der Waals surface area (Å²) in [7, 11) is -3.80. The van der Waals surface area contributed by atoms with Gasteiger partial charge in [-0.05, 0) is 37.3 Å². The number of hydrogen-bond donors (Lipinski definition) is 1. The number of rotatable bonds is 10. The minimum atomic E-state index is -3.80. The number of fused-ring (bicyclic) bond motifs is 1. The molecule has 35 heavy (non-hydrogen) atoms. The van der Waals surface area contributed by atoms with Crippen LogP contribution in [0.1, 0.15) is 32.8 Å². The summed E-state index contributed by atoms with van der Waals surface area (Å²) in [5.74, 6) is -0.708. The molecule has 0 aliphatic carbocycles. The summed E-state index contributed by atoms with van der Waals surface area (Å²) < 4.78 is 26.9. The average molecular weight is 496 g/mol. The van der Waals surface area contributed by atoms with Crippen molar-refractivity contribution in [3.05, 3.63) is 78.4 Å². The van der Waals surface area contributed by atoms with Gasteiger partial charge in [0.2, 0.25) is 21.8 Å². The van der Waals surface area contributed by atoms with E-state index >= 15 is 0 Å². The normalized spacial score (nSPS) is 12.4. The van der Waals surface area contributed by atoms with Crippen molar-refractivity contribution < 1.29 is 18.0 Å². The van der Waals surface area contributed by atoms with E-state index in [0.717, 1.165) is 26.9 Å². The molecule has 3 rings (SSSR count). The summed E-state index contributed by atoms with van der Waals surface area (Å²) in [4.78, 5) is 28.2. The summed E-state index contributed by atoms with van der Waals surface area (Å²) in [6.07, 6.45) is 1.48. The fourth-order valence-electron chi connectivity index (χ4n) is 4.10. The number of nitrogens with one attached hydrogen (secondary N) is 1. The molecule has 7 nitrogen and oxygen atoms in total. The van der Waals surface area contributed by atoms with Crippen LogP contribution in [-0.4, -0.2) is 50.0 Å². The third kappa shape index (κ3) is 6.60. The Kier molecular flexibility index (Phi) is 8.51. The van der Waals surface area contributed by atoms with E-state index in [9.17, 15) is 18.0 Å². The summed E-state index contributed by atoms with van der Waals surface area (Å²) >= 11 is 0. The summed E-state index contributed by atoms with van der Waals surface area (Å²) in [6.45, 7) is 5.34. The number of sulfonamides is 1. The zero-order valence-electron chi connectivity index (χ0n) is 20.6. The zero-order chi connectivity index (χ0) is 25.6. The van der Waals surface area contributed by atoms with Gasteiger partial charge in [-0.1, -0.05) is 73.7 Å². The van der Waals surface area contributed by atoms with Gasteiger partial charge < -0.3 is 10.2 Å². The lowest BCUT2D eigenvalue weighted by molar-refractivity contribution is -0.140. The van der Waals surface area contributed by atoms with E-state index in [1.54, 1.807) is 12.1 Å². The van der Waals surface area contributed by atoms with Crippen LogP contribution in [0.4, 0.5) is 5.69 Å². The molecule has 1 atom stereocenters. The van der Waals surface area contributed by atoms with Gasteiger partial charge >= 0.3 is 0 Å². The molecule has 8 heteroatoms. The van der Waals surface area contributed by atoms with Crippen LogP contribution in [0.15, 0.2) is 72.8 Å². The van der Waals surface area contributed by atoms with E-state index in [2.05, 4.69) is 5.32 Å². The second-order valence-electron chi connectivity index (χ2n) is 8.86. The second-order valence-corrected chi connectivity index (χ2v) is 10.8. The fourth-order valence-corrected chi connectivity index (χ4v) is 4.96. The Morgan fingerprint density at radius 1 is 0.914 bits per heavy atom. The van der Waals surface area contributed by atoms with Crippen molar-refractivity contribution in [2.24, 2.45) is 0 Å². The Morgan fingerprint density at radius 3 is 2.17 bits per heavy atom. The summed E-state index contributed by atoms with van der Waals surface area (Å²) in [5.41, 5.74) is 1.28. The van der Waals surface area contributed by atoms with Gasteiger partial charge in [-0.25, -0.2) is 8.42 Å². The standard InChI is InChI=1S/C27H33N3O4S/c1-5-24(27(32)28-20(2)3)29(18-21-12-7-6-8-13-21)26(31)19-30(35(4,33)34)25-17-11-15-22-14-9-10-16-23(22)25/h6-17,20,24H,5,18-19H2,1-4H3,(H,28,32)/t24-/m1/s1. The predicted octanol–water partition coefficient (Wildman–Crippen LogP) is 3.94. The van der Waals surface area contributed by atoms with Crippen molar-refractivity contribution in [1.82, 2.24) is 10.2 Å². The fraction of sp³-hybridized carbons (Fsp3) is 0.333. The van der Waals surface area contributed by atoms with Crippen LogP contribution in [0.25, 0.3) is 10.8 Å². The molecule has 0 saturated heterocycles. The van der Waals surface area contributed by atoms with Crippen LogP contribution < -0.4 is 9.62 Å². The number of nitrogens with zero attached hydrogens (tertiary/aromatic N) is 2. The SMILES string of the molecule is CC[C@H](C(=O)NC(C)C)N(Cc1ccccc1)C(=O)CN(c1cccc2ccccc12)S(C)(=O)=O. The maximum absolute atomic E-state index is 13.7. The van der Waals surface area contributed by atoms with Crippen LogP contribution in [0.5, 0.6) is 0 Å². The van der Waals surface area contributed by atoms with Gasteiger partial charge in [0.05, 0.1) is 11.9 Å². The van der Waals surface area contributed by atoms with E-state index in [1.807, 2.05) is 81.4 Å². The van der Waals surface area contributed by atoms with Gasteiger partial charge in [-0.15, -0.1) is 0 Å². The molecule has 2 amide bonds. The minimum Gasteiger partial charge on any atom is -0.352 e. The first-order valence-corrected chi connectivity index (χ1v) is 13.6. The van der Waals surface area contributed by atoms with Crippen LogP contribution in [0.3, 0.4) is 0 Å². The number of hydrogen-bond acceptors (Lipinski definition) is 4. The Hall–Kier alpha value is -3.39.